The second-order valence-corrected chi connectivity index (χ2v) is 4.36. The van der Waals surface area contributed by atoms with Crippen LogP contribution < -0.4 is 5.32 Å². The van der Waals surface area contributed by atoms with E-state index in [2.05, 4.69) is 21.9 Å². The molecule has 1 N–H and O–H groups in total. The highest BCUT2D eigenvalue weighted by molar-refractivity contribution is 6.31. The lowest BCUT2D eigenvalue weighted by Gasteiger charge is -2.01. The molecule has 2 rings (SSSR count). The predicted octanol–water partition coefficient (Wildman–Crippen LogP) is 2.38. The van der Waals surface area contributed by atoms with Gasteiger partial charge in [0.15, 0.2) is 0 Å². The number of fused-ring (bicyclic) bond motifs is 1. The van der Waals surface area contributed by atoms with Crippen LogP contribution in [0.4, 0.5) is 0 Å². The molecule has 0 saturated carbocycles. The molecule has 0 aliphatic carbocycles. The minimum atomic E-state index is 0.743. The van der Waals surface area contributed by atoms with Crippen LogP contribution in [-0.4, -0.2) is 23.1 Å². The van der Waals surface area contributed by atoms with Crippen molar-refractivity contribution in [2.45, 2.75) is 12.8 Å². The molecule has 0 aliphatic rings. The number of imidazole rings is 1. The molecule has 1 aromatic carbocycles. The van der Waals surface area contributed by atoms with Crippen LogP contribution >= 0.6 is 11.6 Å². The third-order valence-corrected chi connectivity index (χ3v) is 3.00. The number of hydrogen-bond donors (Lipinski definition) is 1. The van der Waals surface area contributed by atoms with E-state index >= 15 is 0 Å². The molecule has 0 aliphatic heterocycles. The minimum Gasteiger partial charge on any atom is -0.331 e. The van der Waals surface area contributed by atoms with Gasteiger partial charge < -0.3 is 9.88 Å². The van der Waals surface area contributed by atoms with Gasteiger partial charge in [-0.05, 0) is 38.2 Å². The molecule has 0 saturated heterocycles. The van der Waals surface area contributed by atoms with E-state index < -0.39 is 0 Å². The van der Waals surface area contributed by atoms with Gasteiger partial charge >= 0.3 is 0 Å². The Balaban J connectivity index is 2.29. The van der Waals surface area contributed by atoms with E-state index in [1.54, 1.807) is 0 Å². The molecule has 0 atom stereocenters. The molecule has 0 fully saturated rings. The normalized spacial score (nSPS) is 11.2. The first-order valence-electron chi connectivity index (χ1n) is 5.48. The molecule has 1 aromatic heterocycles. The van der Waals surface area contributed by atoms with Crippen LogP contribution in [-0.2, 0) is 13.5 Å². The van der Waals surface area contributed by atoms with Gasteiger partial charge in [-0.3, -0.25) is 0 Å². The summed E-state index contributed by atoms with van der Waals surface area (Å²) in [5.41, 5.74) is 2.12. The number of hydrogen-bond acceptors (Lipinski definition) is 2. The number of aryl methyl sites for hydroxylation is 2. The number of rotatable bonds is 4. The maximum atomic E-state index is 5.95. The Morgan fingerprint density at radius 1 is 1.44 bits per heavy atom. The Bertz CT molecular complexity index is 490. The van der Waals surface area contributed by atoms with Gasteiger partial charge in [0.1, 0.15) is 5.82 Å². The third kappa shape index (κ3) is 2.20. The predicted molar refractivity (Wildman–Crippen MR) is 68.0 cm³/mol. The molecule has 0 spiro atoms. The van der Waals surface area contributed by atoms with E-state index in [0.29, 0.717) is 0 Å². The van der Waals surface area contributed by atoms with Crippen LogP contribution in [0.2, 0.25) is 5.02 Å². The van der Waals surface area contributed by atoms with Crippen molar-refractivity contribution in [2.24, 2.45) is 7.05 Å². The molecular formula is C12H16ClN3. The van der Waals surface area contributed by atoms with Gasteiger partial charge in [-0.1, -0.05) is 11.6 Å². The summed E-state index contributed by atoms with van der Waals surface area (Å²) in [6.07, 6.45) is 2.09. The summed E-state index contributed by atoms with van der Waals surface area (Å²) in [7, 11) is 4.02. The number of halogens is 1. The van der Waals surface area contributed by atoms with Gasteiger partial charge in [-0.15, -0.1) is 0 Å². The highest BCUT2D eigenvalue weighted by Gasteiger charge is 2.07. The van der Waals surface area contributed by atoms with Gasteiger partial charge in [0.25, 0.3) is 0 Å². The summed E-state index contributed by atoms with van der Waals surface area (Å²) < 4.78 is 2.14. The van der Waals surface area contributed by atoms with Crippen molar-refractivity contribution in [3.05, 3.63) is 29.0 Å². The highest BCUT2D eigenvalue weighted by Crippen LogP contribution is 2.19. The zero-order valence-corrected chi connectivity index (χ0v) is 10.4. The first-order chi connectivity index (χ1) is 7.72. The lowest BCUT2D eigenvalue weighted by Crippen LogP contribution is -2.09. The average molecular weight is 238 g/mol. The van der Waals surface area contributed by atoms with Gasteiger partial charge in [-0.2, -0.15) is 0 Å². The SMILES string of the molecule is CNCCCc1nc2cc(Cl)ccc2n1C. The van der Waals surface area contributed by atoms with Gasteiger partial charge in [-0.25, -0.2) is 4.98 Å². The molecule has 86 valence electrons. The first-order valence-corrected chi connectivity index (χ1v) is 5.85. The maximum Gasteiger partial charge on any atom is 0.109 e. The topological polar surface area (TPSA) is 29.9 Å². The molecule has 0 bridgehead atoms. The number of aromatic nitrogens is 2. The van der Waals surface area contributed by atoms with E-state index in [9.17, 15) is 0 Å². The molecule has 3 nitrogen and oxygen atoms in total. The van der Waals surface area contributed by atoms with Crippen molar-refractivity contribution < 1.29 is 0 Å². The zero-order valence-electron chi connectivity index (χ0n) is 9.63. The number of nitrogens with one attached hydrogen (secondary N) is 1. The summed E-state index contributed by atoms with van der Waals surface area (Å²) in [5, 5.41) is 3.89. The zero-order chi connectivity index (χ0) is 11.5. The van der Waals surface area contributed by atoms with Crippen molar-refractivity contribution in [2.75, 3.05) is 13.6 Å². The molecule has 0 unspecified atom stereocenters. The summed E-state index contributed by atoms with van der Waals surface area (Å²) in [4.78, 5) is 4.60. The van der Waals surface area contributed by atoms with Crippen molar-refractivity contribution >= 4 is 22.6 Å². The lowest BCUT2D eigenvalue weighted by atomic mass is 10.3. The van der Waals surface area contributed by atoms with Crippen LogP contribution in [0, 0.1) is 0 Å². The molecular weight excluding hydrogens is 222 g/mol. The first kappa shape index (κ1) is 11.4. The summed E-state index contributed by atoms with van der Waals surface area (Å²) >= 11 is 5.95. The van der Waals surface area contributed by atoms with Crippen LogP contribution in [0.1, 0.15) is 12.2 Å². The Hall–Kier alpha value is -1.06. The molecule has 2 aromatic rings. The fourth-order valence-corrected chi connectivity index (χ4v) is 2.04. The summed E-state index contributed by atoms with van der Waals surface area (Å²) in [5.74, 6) is 1.12. The molecule has 16 heavy (non-hydrogen) atoms. The van der Waals surface area contributed by atoms with Crippen LogP contribution in [0.3, 0.4) is 0 Å². The fraction of sp³-hybridized carbons (Fsp3) is 0.417. The van der Waals surface area contributed by atoms with E-state index in [-0.39, 0.29) is 0 Å². The van der Waals surface area contributed by atoms with E-state index in [1.165, 1.54) is 0 Å². The number of nitrogens with zero attached hydrogens (tertiary/aromatic N) is 2. The van der Waals surface area contributed by atoms with Gasteiger partial charge in [0, 0.05) is 18.5 Å². The van der Waals surface area contributed by atoms with E-state index in [1.807, 2.05) is 25.2 Å². The fourth-order valence-electron chi connectivity index (χ4n) is 1.87. The molecule has 4 heteroatoms. The van der Waals surface area contributed by atoms with E-state index in [0.717, 1.165) is 41.3 Å². The summed E-state index contributed by atoms with van der Waals surface area (Å²) in [6, 6.07) is 5.84. The van der Waals surface area contributed by atoms with Crippen LogP contribution in [0.25, 0.3) is 11.0 Å². The smallest absolute Gasteiger partial charge is 0.109 e. The maximum absolute atomic E-state index is 5.95. The molecule has 0 radical (unpaired) electrons. The molecule has 0 amide bonds. The van der Waals surface area contributed by atoms with Crippen molar-refractivity contribution in [1.29, 1.82) is 0 Å². The van der Waals surface area contributed by atoms with E-state index in [4.69, 9.17) is 11.6 Å². The van der Waals surface area contributed by atoms with Crippen molar-refractivity contribution in [3.8, 4) is 0 Å². The monoisotopic (exact) mass is 237 g/mol. The Morgan fingerprint density at radius 2 is 2.25 bits per heavy atom. The van der Waals surface area contributed by atoms with Crippen molar-refractivity contribution in [1.82, 2.24) is 14.9 Å². The minimum absolute atomic E-state index is 0.743. The van der Waals surface area contributed by atoms with Crippen molar-refractivity contribution in [3.63, 3.8) is 0 Å². The second-order valence-electron chi connectivity index (χ2n) is 3.93. The highest BCUT2D eigenvalue weighted by atomic mass is 35.5. The lowest BCUT2D eigenvalue weighted by molar-refractivity contribution is 0.685. The molecule has 1 heterocycles. The second kappa shape index (κ2) is 4.85. The Labute approximate surface area is 100 Å². The Kier molecular flexibility index (Phi) is 3.46. The third-order valence-electron chi connectivity index (χ3n) is 2.76. The summed E-state index contributed by atoms with van der Waals surface area (Å²) in [6.45, 7) is 1.02. The average Bonchev–Trinajstić information content (AvgIpc) is 2.56. The van der Waals surface area contributed by atoms with Crippen LogP contribution in [0.5, 0.6) is 0 Å². The quantitative estimate of drug-likeness (QED) is 0.828. The standard InChI is InChI=1S/C12H16ClN3/c1-14-7-3-4-12-15-10-8-9(13)5-6-11(10)16(12)2/h5-6,8,14H,3-4,7H2,1-2H3. The van der Waals surface area contributed by atoms with Crippen LogP contribution in [0.15, 0.2) is 18.2 Å². The van der Waals surface area contributed by atoms with Gasteiger partial charge in [0.05, 0.1) is 11.0 Å². The number of benzene rings is 1. The Morgan fingerprint density at radius 3 is 3.00 bits per heavy atom. The largest absolute Gasteiger partial charge is 0.331 e. The van der Waals surface area contributed by atoms with Gasteiger partial charge in [0.2, 0.25) is 0 Å².